The van der Waals surface area contributed by atoms with Gasteiger partial charge < -0.3 is 18.9 Å². The molecule has 0 radical (unpaired) electrons. The summed E-state index contributed by atoms with van der Waals surface area (Å²) in [5.41, 5.74) is 1.96. The second-order valence-electron chi connectivity index (χ2n) is 5.67. The molecule has 25 heavy (non-hydrogen) atoms. The van der Waals surface area contributed by atoms with Crippen LogP contribution in [0.25, 0.3) is 11.3 Å². The van der Waals surface area contributed by atoms with Crippen molar-refractivity contribution in [2.24, 2.45) is 0 Å². The van der Waals surface area contributed by atoms with Crippen molar-refractivity contribution in [2.45, 2.75) is 6.54 Å². The van der Waals surface area contributed by atoms with Gasteiger partial charge in [-0.1, -0.05) is 11.2 Å². The van der Waals surface area contributed by atoms with E-state index in [9.17, 15) is 4.79 Å². The second kappa shape index (κ2) is 6.27. The highest BCUT2D eigenvalue weighted by molar-refractivity contribution is 5.92. The molecule has 0 saturated carbocycles. The van der Waals surface area contributed by atoms with E-state index in [0.29, 0.717) is 18.1 Å². The number of pyridine rings is 1. The van der Waals surface area contributed by atoms with Gasteiger partial charge in [-0.15, -0.1) is 0 Å². The minimum atomic E-state index is -0.225. The molecule has 3 aromatic rings. The van der Waals surface area contributed by atoms with Crippen LogP contribution in [0.5, 0.6) is 11.5 Å². The first kappa shape index (κ1) is 15.2. The van der Waals surface area contributed by atoms with Crippen LogP contribution in [0.2, 0.25) is 0 Å². The fourth-order valence-corrected chi connectivity index (χ4v) is 2.60. The number of aromatic nitrogens is 2. The number of hydrogen-bond donors (Lipinski definition) is 0. The Labute approximate surface area is 143 Å². The number of amides is 1. The lowest BCUT2D eigenvalue weighted by Crippen LogP contribution is -2.26. The molecule has 0 N–H and O–H groups in total. The van der Waals surface area contributed by atoms with Crippen molar-refractivity contribution in [3.05, 3.63) is 60.0 Å². The van der Waals surface area contributed by atoms with E-state index in [4.69, 9.17) is 14.0 Å². The highest BCUT2D eigenvalue weighted by Gasteiger charge is 2.19. The van der Waals surface area contributed by atoms with E-state index in [1.807, 2.05) is 24.3 Å². The number of hydrogen-bond acceptors (Lipinski definition) is 6. The van der Waals surface area contributed by atoms with Gasteiger partial charge >= 0.3 is 0 Å². The maximum absolute atomic E-state index is 12.6. The molecule has 1 aromatic carbocycles. The van der Waals surface area contributed by atoms with E-state index < -0.39 is 0 Å². The van der Waals surface area contributed by atoms with Crippen molar-refractivity contribution in [1.29, 1.82) is 0 Å². The van der Waals surface area contributed by atoms with Crippen LogP contribution in [-0.2, 0) is 6.54 Å². The zero-order valence-corrected chi connectivity index (χ0v) is 13.5. The Kier molecular flexibility index (Phi) is 3.81. The van der Waals surface area contributed by atoms with E-state index >= 15 is 0 Å². The third-order valence-electron chi connectivity index (χ3n) is 3.88. The van der Waals surface area contributed by atoms with Crippen LogP contribution in [0.1, 0.15) is 16.1 Å². The molecule has 1 aliphatic heterocycles. The third kappa shape index (κ3) is 3.03. The predicted octanol–water partition coefficient (Wildman–Crippen LogP) is 2.74. The fraction of sp³-hybridized carbons (Fsp3) is 0.167. The first-order valence-corrected chi connectivity index (χ1v) is 7.72. The molecular formula is C18H15N3O4. The molecule has 0 unspecified atom stereocenters. The van der Waals surface area contributed by atoms with Gasteiger partial charge in [-0.2, -0.15) is 0 Å². The normalized spacial score (nSPS) is 12.2. The van der Waals surface area contributed by atoms with Gasteiger partial charge in [0, 0.05) is 37.6 Å². The topological polar surface area (TPSA) is 77.7 Å². The highest BCUT2D eigenvalue weighted by atomic mass is 16.7. The summed E-state index contributed by atoms with van der Waals surface area (Å²) in [6.07, 6.45) is 3.33. The zero-order valence-electron chi connectivity index (χ0n) is 13.5. The highest BCUT2D eigenvalue weighted by Crippen LogP contribution is 2.32. The standard InChI is InChI=1S/C18H15N3O4/c1-21(10-12-4-5-15-17(7-12)24-11-23-15)18(22)14-8-16(25-20-14)13-3-2-6-19-9-13/h2-9H,10-11H2,1H3. The Morgan fingerprint density at radius 2 is 2.08 bits per heavy atom. The molecule has 7 heteroatoms. The second-order valence-corrected chi connectivity index (χ2v) is 5.67. The van der Waals surface area contributed by atoms with Crippen molar-refractivity contribution >= 4 is 5.91 Å². The molecule has 0 saturated heterocycles. The Morgan fingerprint density at radius 1 is 1.20 bits per heavy atom. The van der Waals surface area contributed by atoms with E-state index in [1.54, 1.807) is 36.5 Å². The van der Waals surface area contributed by atoms with Gasteiger partial charge in [0.1, 0.15) is 0 Å². The molecule has 7 nitrogen and oxygen atoms in total. The molecule has 0 fully saturated rings. The molecule has 1 amide bonds. The van der Waals surface area contributed by atoms with Crippen LogP contribution < -0.4 is 9.47 Å². The minimum absolute atomic E-state index is 0.225. The molecule has 1 aliphatic rings. The smallest absolute Gasteiger partial charge is 0.276 e. The Morgan fingerprint density at radius 3 is 2.92 bits per heavy atom. The summed E-state index contributed by atoms with van der Waals surface area (Å²) in [5, 5.41) is 3.87. The van der Waals surface area contributed by atoms with Crippen LogP contribution in [0.15, 0.2) is 53.3 Å². The monoisotopic (exact) mass is 337 g/mol. The average molecular weight is 337 g/mol. The first-order valence-electron chi connectivity index (χ1n) is 7.72. The summed E-state index contributed by atoms with van der Waals surface area (Å²) in [6.45, 7) is 0.647. The quantitative estimate of drug-likeness (QED) is 0.728. The predicted molar refractivity (Wildman–Crippen MR) is 88.1 cm³/mol. The van der Waals surface area contributed by atoms with E-state index in [0.717, 1.165) is 16.9 Å². The molecule has 2 aromatic heterocycles. The largest absolute Gasteiger partial charge is 0.454 e. The molecule has 0 aliphatic carbocycles. The van der Waals surface area contributed by atoms with Gasteiger partial charge in [0.15, 0.2) is 23.0 Å². The minimum Gasteiger partial charge on any atom is -0.454 e. The summed E-state index contributed by atoms with van der Waals surface area (Å²) >= 11 is 0. The van der Waals surface area contributed by atoms with Gasteiger partial charge in [-0.05, 0) is 29.8 Å². The maximum Gasteiger partial charge on any atom is 0.276 e. The first-order chi connectivity index (χ1) is 12.2. The zero-order chi connectivity index (χ0) is 17.2. The summed E-state index contributed by atoms with van der Waals surface area (Å²) in [7, 11) is 1.71. The molecule has 0 spiro atoms. The number of rotatable bonds is 4. The van der Waals surface area contributed by atoms with Crippen molar-refractivity contribution in [1.82, 2.24) is 15.0 Å². The Hall–Kier alpha value is -3.35. The van der Waals surface area contributed by atoms with Gasteiger partial charge in [0.25, 0.3) is 5.91 Å². The van der Waals surface area contributed by atoms with Crippen LogP contribution in [0.3, 0.4) is 0 Å². The molecule has 126 valence electrons. The van der Waals surface area contributed by atoms with Gasteiger partial charge in [0.05, 0.1) is 0 Å². The van der Waals surface area contributed by atoms with Crippen molar-refractivity contribution in [3.8, 4) is 22.8 Å². The maximum atomic E-state index is 12.6. The molecule has 3 heterocycles. The molecule has 4 rings (SSSR count). The van der Waals surface area contributed by atoms with Gasteiger partial charge in [-0.3, -0.25) is 9.78 Å². The Bertz CT molecular complexity index is 908. The third-order valence-corrected chi connectivity index (χ3v) is 3.88. The number of ether oxygens (including phenoxy) is 2. The lowest BCUT2D eigenvalue weighted by atomic mass is 10.2. The van der Waals surface area contributed by atoms with Crippen LogP contribution >= 0.6 is 0 Å². The van der Waals surface area contributed by atoms with Crippen LogP contribution in [0.4, 0.5) is 0 Å². The lowest BCUT2D eigenvalue weighted by molar-refractivity contribution is 0.0774. The SMILES string of the molecule is CN(Cc1ccc2c(c1)OCO2)C(=O)c1cc(-c2cccnc2)on1. The number of carbonyl (C=O) groups is 1. The number of fused-ring (bicyclic) bond motifs is 1. The number of nitrogens with zero attached hydrogens (tertiary/aromatic N) is 3. The summed E-state index contributed by atoms with van der Waals surface area (Å²) < 4.78 is 15.9. The van der Waals surface area contributed by atoms with Crippen molar-refractivity contribution in [2.75, 3.05) is 13.8 Å². The number of benzene rings is 1. The van der Waals surface area contributed by atoms with Crippen molar-refractivity contribution < 1.29 is 18.8 Å². The summed E-state index contributed by atoms with van der Waals surface area (Å²) in [4.78, 5) is 18.2. The molecule has 0 bridgehead atoms. The summed E-state index contributed by atoms with van der Waals surface area (Å²) in [5.74, 6) is 1.69. The van der Waals surface area contributed by atoms with Gasteiger partial charge in [-0.25, -0.2) is 0 Å². The summed E-state index contributed by atoms with van der Waals surface area (Å²) in [6, 6.07) is 10.9. The molecular weight excluding hydrogens is 322 g/mol. The fourth-order valence-electron chi connectivity index (χ4n) is 2.60. The average Bonchev–Trinajstić information content (AvgIpc) is 3.31. The van der Waals surface area contributed by atoms with Gasteiger partial charge in [0.2, 0.25) is 6.79 Å². The van der Waals surface area contributed by atoms with E-state index in [-0.39, 0.29) is 18.4 Å². The Balaban J connectivity index is 1.48. The van der Waals surface area contributed by atoms with Crippen LogP contribution in [0, 0.1) is 0 Å². The lowest BCUT2D eigenvalue weighted by Gasteiger charge is -2.15. The van der Waals surface area contributed by atoms with Crippen molar-refractivity contribution in [3.63, 3.8) is 0 Å². The van der Waals surface area contributed by atoms with E-state index in [1.165, 1.54) is 0 Å². The number of carbonyl (C=O) groups excluding carboxylic acids is 1. The van der Waals surface area contributed by atoms with E-state index in [2.05, 4.69) is 10.1 Å². The van der Waals surface area contributed by atoms with Crippen LogP contribution in [-0.4, -0.2) is 34.8 Å². The molecule has 0 atom stereocenters.